The second-order valence-corrected chi connectivity index (χ2v) is 7.00. The molecule has 4 heteroatoms. The van der Waals surface area contributed by atoms with Gasteiger partial charge in [-0.2, -0.15) is 0 Å². The number of nitrogens with one attached hydrogen (secondary N) is 2. The Kier molecular flexibility index (Phi) is 4.60. The summed E-state index contributed by atoms with van der Waals surface area (Å²) in [4.78, 5) is 13.4. The maximum Gasteiger partial charge on any atom is 0.262 e. The van der Waals surface area contributed by atoms with Crippen molar-refractivity contribution in [3.63, 3.8) is 0 Å². The number of carbonyl (C=O) groups is 1. The van der Waals surface area contributed by atoms with Crippen molar-refractivity contribution in [2.45, 2.75) is 38.8 Å². The maximum absolute atomic E-state index is 12.6. The van der Waals surface area contributed by atoms with Gasteiger partial charge in [-0.25, -0.2) is 0 Å². The summed E-state index contributed by atoms with van der Waals surface area (Å²) in [7, 11) is 0. The molecule has 1 aromatic heterocycles. The molecule has 1 aromatic carbocycles. The number of benzene rings is 1. The van der Waals surface area contributed by atoms with Gasteiger partial charge < -0.3 is 10.6 Å². The van der Waals surface area contributed by atoms with Crippen LogP contribution in [0.15, 0.2) is 35.7 Å². The molecule has 2 heterocycles. The minimum atomic E-state index is 0.0599. The largest absolute Gasteiger partial charge is 0.348 e. The fourth-order valence-corrected chi connectivity index (χ4v) is 3.78. The van der Waals surface area contributed by atoms with Crippen LogP contribution in [0.5, 0.6) is 0 Å². The summed E-state index contributed by atoms with van der Waals surface area (Å²) in [6.07, 6.45) is 2.00. The molecule has 0 radical (unpaired) electrons. The third kappa shape index (κ3) is 3.39. The molecule has 1 aliphatic heterocycles. The predicted molar refractivity (Wildman–Crippen MR) is 92.4 cm³/mol. The average Bonchev–Trinajstić information content (AvgIpc) is 2.97. The van der Waals surface area contributed by atoms with Crippen LogP contribution < -0.4 is 10.6 Å². The summed E-state index contributed by atoms with van der Waals surface area (Å²) in [6.45, 7) is 5.21. The minimum absolute atomic E-state index is 0.0599. The third-order valence-corrected chi connectivity index (χ3v) is 5.11. The molecule has 1 fully saturated rings. The molecule has 2 aromatic rings. The molecule has 0 saturated carbocycles. The molecule has 116 valence electrons. The van der Waals surface area contributed by atoms with E-state index in [-0.39, 0.29) is 11.9 Å². The van der Waals surface area contributed by atoms with E-state index in [1.165, 1.54) is 16.9 Å². The van der Waals surface area contributed by atoms with E-state index in [4.69, 9.17) is 0 Å². The fraction of sp³-hybridized carbons (Fsp3) is 0.389. The molecule has 0 aliphatic carbocycles. The summed E-state index contributed by atoms with van der Waals surface area (Å²) < 4.78 is 0. The van der Waals surface area contributed by atoms with Crippen molar-refractivity contribution in [3.8, 4) is 11.1 Å². The van der Waals surface area contributed by atoms with Crippen LogP contribution >= 0.6 is 11.3 Å². The highest BCUT2D eigenvalue weighted by Crippen LogP contribution is 2.28. The number of aryl methyl sites for hydroxylation is 1. The van der Waals surface area contributed by atoms with Gasteiger partial charge in [0.1, 0.15) is 0 Å². The second-order valence-electron chi connectivity index (χ2n) is 6.08. The van der Waals surface area contributed by atoms with Crippen molar-refractivity contribution in [1.29, 1.82) is 0 Å². The van der Waals surface area contributed by atoms with Crippen molar-refractivity contribution >= 4 is 17.2 Å². The van der Waals surface area contributed by atoms with E-state index < -0.39 is 0 Å². The SMILES string of the molecule is Cc1ccc(-c2ccsc2C(=O)NC2CCNC(C)C2)cc1. The Morgan fingerprint density at radius 1 is 1.27 bits per heavy atom. The van der Waals surface area contributed by atoms with Crippen molar-refractivity contribution < 1.29 is 4.79 Å². The number of carbonyl (C=O) groups excluding carboxylic acids is 1. The van der Waals surface area contributed by atoms with Crippen molar-refractivity contribution in [2.24, 2.45) is 0 Å². The normalized spacial score (nSPS) is 21.5. The lowest BCUT2D eigenvalue weighted by Crippen LogP contribution is -2.46. The second kappa shape index (κ2) is 6.63. The lowest BCUT2D eigenvalue weighted by molar-refractivity contribution is 0.0930. The van der Waals surface area contributed by atoms with Crippen LogP contribution in [-0.2, 0) is 0 Å². The van der Waals surface area contributed by atoms with Crippen molar-refractivity contribution in [1.82, 2.24) is 10.6 Å². The summed E-state index contributed by atoms with van der Waals surface area (Å²) >= 11 is 1.52. The zero-order valence-electron chi connectivity index (χ0n) is 13.1. The zero-order valence-corrected chi connectivity index (χ0v) is 13.9. The Morgan fingerprint density at radius 2 is 2.05 bits per heavy atom. The van der Waals surface area contributed by atoms with E-state index in [0.29, 0.717) is 6.04 Å². The summed E-state index contributed by atoms with van der Waals surface area (Å²) in [5.41, 5.74) is 3.37. The first kappa shape index (κ1) is 15.3. The van der Waals surface area contributed by atoms with E-state index in [0.717, 1.165) is 35.4 Å². The third-order valence-electron chi connectivity index (χ3n) is 4.19. The highest BCUT2D eigenvalue weighted by atomic mass is 32.1. The van der Waals surface area contributed by atoms with Crippen molar-refractivity contribution in [2.75, 3.05) is 6.54 Å². The van der Waals surface area contributed by atoms with Crippen LogP contribution in [0.1, 0.15) is 35.0 Å². The van der Waals surface area contributed by atoms with Crippen LogP contribution in [0, 0.1) is 6.92 Å². The van der Waals surface area contributed by atoms with Crippen molar-refractivity contribution in [3.05, 3.63) is 46.2 Å². The monoisotopic (exact) mass is 314 g/mol. The van der Waals surface area contributed by atoms with E-state index in [1.54, 1.807) is 0 Å². The highest BCUT2D eigenvalue weighted by molar-refractivity contribution is 7.12. The Hall–Kier alpha value is -1.65. The van der Waals surface area contributed by atoms with Gasteiger partial charge in [0, 0.05) is 17.6 Å². The van der Waals surface area contributed by atoms with Gasteiger partial charge in [-0.05, 0) is 50.2 Å². The highest BCUT2D eigenvalue weighted by Gasteiger charge is 2.22. The molecule has 3 nitrogen and oxygen atoms in total. The molecule has 0 spiro atoms. The fourth-order valence-electron chi connectivity index (χ4n) is 2.96. The smallest absolute Gasteiger partial charge is 0.262 e. The lowest BCUT2D eigenvalue weighted by Gasteiger charge is -2.28. The van der Waals surface area contributed by atoms with E-state index >= 15 is 0 Å². The van der Waals surface area contributed by atoms with Crippen LogP contribution in [0.4, 0.5) is 0 Å². The molecule has 1 aliphatic rings. The van der Waals surface area contributed by atoms with E-state index in [9.17, 15) is 4.79 Å². The van der Waals surface area contributed by atoms with E-state index in [1.807, 2.05) is 11.4 Å². The van der Waals surface area contributed by atoms with Gasteiger partial charge in [-0.3, -0.25) is 4.79 Å². The summed E-state index contributed by atoms with van der Waals surface area (Å²) in [5.74, 6) is 0.0599. The molecular formula is C18H22N2OS. The number of piperidine rings is 1. The Morgan fingerprint density at radius 3 is 2.77 bits per heavy atom. The quantitative estimate of drug-likeness (QED) is 0.909. The number of rotatable bonds is 3. The summed E-state index contributed by atoms with van der Waals surface area (Å²) in [5, 5.41) is 8.61. The predicted octanol–water partition coefficient (Wildman–Crippen LogP) is 3.59. The number of hydrogen-bond acceptors (Lipinski definition) is 3. The average molecular weight is 314 g/mol. The van der Waals surface area contributed by atoms with Crippen LogP contribution in [0.2, 0.25) is 0 Å². The number of amides is 1. The standard InChI is InChI=1S/C18H22N2OS/c1-12-3-5-14(6-4-12)16-8-10-22-17(16)18(21)20-15-7-9-19-13(2)11-15/h3-6,8,10,13,15,19H,7,9,11H2,1-2H3,(H,20,21). The molecule has 22 heavy (non-hydrogen) atoms. The Bertz CT molecular complexity index is 647. The first-order valence-corrected chi connectivity index (χ1v) is 8.70. The van der Waals surface area contributed by atoms with Gasteiger partial charge >= 0.3 is 0 Å². The number of thiophene rings is 1. The molecule has 3 rings (SSSR count). The van der Waals surface area contributed by atoms with Crippen LogP contribution in [0.25, 0.3) is 11.1 Å². The first-order chi connectivity index (χ1) is 10.6. The van der Waals surface area contributed by atoms with Gasteiger partial charge in [0.05, 0.1) is 4.88 Å². The minimum Gasteiger partial charge on any atom is -0.348 e. The maximum atomic E-state index is 12.6. The van der Waals surface area contributed by atoms with Gasteiger partial charge in [0.15, 0.2) is 0 Å². The van der Waals surface area contributed by atoms with Crippen LogP contribution in [-0.4, -0.2) is 24.5 Å². The van der Waals surface area contributed by atoms with Gasteiger partial charge in [0.2, 0.25) is 0 Å². The zero-order chi connectivity index (χ0) is 15.5. The Labute approximate surface area is 135 Å². The first-order valence-electron chi connectivity index (χ1n) is 7.82. The number of hydrogen-bond donors (Lipinski definition) is 2. The topological polar surface area (TPSA) is 41.1 Å². The van der Waals surface area contributed by atoms with Gasteiger partial charge in [-0.1, -0.05) is 29.8 Å². The molecule has 0 bridgehead atoms. The molecular weight excluding hydrogens is 292 g/mol. The molecule has 2 unspecified atom stereocenters. The van der Waals surface area contributed by atoms with Gasteiger partial charge in [0.25, 0.3) is 5.91 Å². The lowest BCUT2D eigenvalue weighted by atomic mass is 10.00. The molecule has 2 N–H and O–H groups in total. The van der Waals surface area contributed by atoms with E-state index in [2.05, 4.69) is 48.7 Å². The Balaban J connectivity index is 1.76. The molecule has 1 amide bonds. The van der Waals surface area contributed by atoms with Crippen LogP contribution in [0.3, 0.4) is 0 Å². The van der Waals surface area contributed by atoms with Gasteiger partial charge in [-0.15, -0.1) is 11.3 Å². The summed E-state index contributed by atoms with van der Waals surface area (Å²) in [6, 6.07) is 11.1. The molecule has 1 saturated heterocycles. The molecule has 2 atom stereocenters.